The van der Waals surface area contributed by atoms with Crippen molar-refractivity contribution in [3.63, 3.8) is 0 Å². The number of anilines is 1. The number of fused-ring (bicyclic) bond motifs is 3. The van der Waals surface area contributed by atoms with Crippen LogP contribution in [0.2, 0.25) is 0 Å². The lowest BCUT2D eigenvalue weighted by molar-refractivity contribution is 0.224. The first-order chi connectivity index (χ1) is 12.5. The molecule has 0 radical (unpaired) electrons. The van der Waals surface area contributed by atoms with E-state index >= 15 is 0 Å². The van der Waals surface area contributed by atoms with E-state index in [1.54, 1.807) is 18.2 Å². The third kappa shape index (κ3) is 3.26. The van der Waals surface area contributed by atoms with E-state index in [1.165, 1.54) is 11.8 Å². The molecule has 0 bridgehead atoms. The number of ether oxygens (including phenoxy) is 1. The standard InChI is InChI=1S/C17H12Br2N4O2S/c1-26-17-21-16-14(22-23-17)11-6-8(18)2-5-13(11)20-15(25-16)10-7-9(24)3-4-12(10)19/h2-7,15,20,24H,1H3. The van der Waals surface area contributed by atoms with Crippen LogP contribution in [0, 0.1) is 0 Å². The average Bonchev–Trinajstić information content (AvgIpc) is 2.79. The van der Waals surface area contributed by atoms with Gasteiger partial charge in [0.25, 0.3) is 0 Å². The smallest absolute Gasteiger partial charge is 0.247 e. The number of phenols is 1. The third-order valence-electron chi connectivity index (χ3n) is 3.83. The fourth-order valence-electron chi connectivity index (χ4n) is 2.63. The fraction of sp³-hybridized carbons (Fsp3) is 0.118. The van der Waals surface area contributed by atoms with Gasteiger partial charge < -0.3 is 15.2 Å². The Labute approximate surface area is 170 Å². The first kappa shape index (κ1) is 17.6. The van der Waals surface area contributed by atoms with E-state index in [1.807, 2.05) is 24.5 Å². The number of aromatic nitrogens is 3. The van der Waals surface area contributed by atoms with Crippen LogP contribution in [0.4, 0.5) is 5.69 Å². The highest BCUT2D eigenvalue weighted by molar-refractivity contribution is 9.10. The van der Waals surface area contributed by atoms with E-state index in [9.17, 15) is 5.11 Å². The molecule has 2 heterocycles. The van der Waals surface area contributed by atoms with Crippen molar-refractivity contribution in [2.75, 3.05) is 11.6 Å². The van der Waals surface area contributed by atoms with Crippen molar-refractivity contribution < 1.29 is 9.84 Å². The zero-order chi connectivity index (χ0) is 18.3. The number of nitrogens with zero attached hydrogens (tertiary/aromatic N) is 3. The highest BCUT2D eigenvalue weighted by Gasteiger charge is 2.27. The fourth-order valence-corrected chi connectivity index (χ4v) is 3.74. The van der Waals surface area contributed by atoms with Crippen molar-refractivity contribution in [2.24, 2.45) is 0 Å². The lowest BCUT2D eigenvalue weighted by Gasteiger charge is -2.20. The van der Waals surface area contributed by atoms with Gasteiger partial charge in [-0.15, -0.1) is 10.2 Å². The van der Waals surface area contributed by atoms with Crippen LogP contribution < -0.4 is 10.1 Å². The van der Waals surface area contributed by atoms with Gasteiger partial charge in [0.05, 0.1) is 0 Å². The lowest BCUT2D eigenvalue weighted by atomic mass is 10.1. The van der Waals surface area contributed by atoms with Gasteiger partial charge in [0.1, 0.15) is 5.75 Å². The van der Waals surface area contributed by atoms with E-state index in [4.69, 9.17) is 4.74 Å². The van der Waals surface area contributed by atoms with Crippen molar-refractivity contribution >= 4 is 49.3 Å². The molecule has 1 aliphatic rings. The monoisotopic (exact) mass is 494 g/mol. The normalized spacial score (nSPS) is 15.3. The Bertz CT molecular complexity index is 1000. The topological polar surface area (TPSA) is 80.2 Å². The van der Waals surface area contributed by atoms with Crippen molar-refractivity contribution in [3.05, 3.63) is 50.9 Å². The molecule has 0 saturated heterocycles. The van der Waals surface area contributed by atoms with Crippen molar-refractivity contribution in [1.29, 1.82) is 0 Å². The number of nitrogens with one attached hydrogen (secondary N) is 1. The van der Waals surface area contributed by atoms with Gasteiger partial charge in [-0.05, 0) is 42.7 Å². The molecule has 0 fully saturated rings. The third-order valence-corrected chi connectivity index (χ3v) is 5.59. The zero-order valence-corrected chi connectivity index (χ0v) is 17.4. The molecule has 26 heavy (non-hydrogen) atoms. The van der Waals surface area contributed by atoms with Gasteiger partial charge in [0.15, 0.2) is 11.9 Å². The van der Waals surface area contributed by atoms with Gasteiger partial charge >= 0.3 is 0 Å². The van der Waals surface area contributed by atoms with Crippen LogP contribution in [0.15, 0.2) is 50.5 Å². The van der Waals surface area contributed by atoms with Crippen LogP contribution in [-0.4, -0.2) is 26.5 Å². The number of thioether (sulfide) groups is 1. The highest BCUT2D eigenvalue weighted by Crippen LogP contribution is 2.42. The van der Waals surface area contributed by atoms with E-state index in [0.717, 1.165) is 25.8 Å². The minimum absolute atomic E-state index is 0.153. The van der Waals surface area contributed by atoms with Crippen LogP contribution in [0.1, 0.15) is 11.8 Å². The Morgan fingerprint density at radius 3 is 2.81 bits per heavy atom. The van der Waals surface area contributed by atoms with Crippen LogP contribution in [-0.2, 0) is 0 Å². The maximum absolute atomic E-state index is 9.90. The number of hydrogen-bond donors (Lipinski definition) is 2. The van der Waals surface area contributed by atoms with Crippen molar-refractivity contribution in [1.82, 2.24) is 15.2 Å². The summed E-state index contributed by atoms with van der Waals surface area (Å²) in [6.07, 6.45) is 1.32. The number of hydrogen-bond acceptors (Lipinski definition) is 7. The van der Waals surface area contributed by atoms with Crippen molar-refractivity contribution in [2.45, 2.75) is 11.4 Å². The number of rotatable bonds is 2. The zero-order valence-electron chi connectivity index (χ0n) is 13.4. The Morgan fingerprint density at radius 2 is 2.00 bits per heavy atom. The molecule has 4 rings (SSSR count). The minimum Gasteiger partial charge on any atom is -0.508 e. The summed E-state index contributed by atoms with van der Waals surface area (Å²) >= 11 is 8.41. The van der Waals surface area contributed by atoms with Gasteiger partial charge in [-0.1, -0.05) is 43.6 Å². The second-order valence-corrected chi connectivity index (χ2v) is 8.03. The SMILES string of the molecule is CSc1nnc2c(n1)OC(c1cc(O)ccc1Br)Nc1ccc(Br)cc1-2. The molecule has 1 atom stereocenters. The number of aromatic hydroxyl groups is 1. The molecule has 1 aliphatic heterocycles. The Balaban J connectivity index is 1.91. The number of halogens is 2. The predicted molar refractivity (Wildman–Crippen MR) is 108 cm³/mol. The van der Waals surface area contributed by atoms with Gasteiger partial charge in [0, 0.05) is 25.8 Å². The lowest BCUT2D eigenvalue weighted by Crippen LogP contribution is -2.17. The maximum atomic E-state index is 9.90. The van der Waals surface area contributed by atoms with E-state index < -0.39 is 6.23 Å². The van der Waals surface area contributed by atoms with E-state index in [-0.39, 0.29) is 5.75 Å². The summed E-state index contributed by atoms with van der Waals surface area (Å²) in [5, 5.41) is 22.2. The summed E-state index contributed by atoms with van der Waals surface area (Å²) in [4.78, 5) is 4.48. The molecular formula is C17H12Br2N4O2S. The van der Waals surface area contributed by atoms with Crippen molar-refractivity contribution in [3.8, 4) is 22.9 Å². The Kier molecular flexibility index (Phi) is 4.76. The molecule has 0 spiro atoms. The second-order valence-electron chi connectivity index (χ2n) is 5.49. The molecule has 2 N–H and O–H groups in total. The quantitative estimate of drug-likeness (QED) is 0.484. The summed E-state index contributed by atoms with van der Waals surface area (Å²) in [5.74, 6) is 0.536. The summed E-state index contributed by atoms with van der Waals surface area (Å²) in [5.41, 5.74) is 2.97. The summed E-state index contributed by atoms with van der Waals surface area (Å²) in [7, 11) is 0. The predicted octanol–water partition coefficient (Wildman–Crippen LogP) is 4.99. The summed E-state index contributed by atoms with van der Waals surface area (Å²) in [6, 6.07) is 10.8. The first-order valence-corrected chi connectivity index (χ1v) is 10.4. The second kappa shape index (κ2) is 7.05. The largest absolute Gasteiger partial charge is 0.508 e. The molecule has 2 aromatic carbocycles. The first-order valence-electron chi connectivity index (χ1n) is 7.55. The average molecular weight is 496 g/mol. The van der Waals surface area contributed by atoms with E-state index in [0.29, 0.717) is 16.7 Å². The maximum Gasteiger partial charge on any atom is 0.247 e. The van der Waals surface area contributed by atoms with Gasteiger partial charge in [0.2, 0.25) is 11.0 Å². The van der Waals surface area contributed by atoms with Crippen LogP contribution in [0.5, 0.6) is 11.6 Å². The van der Waals surface area contributed by atoms with Gasteiger partial charge in [-0.25, -0.2) is 0 Å². The van der Waals surface area contributed by atoms with Crippen LogP contribution >= 0.6 is 43.6 Å². The molecule has 1 unspecified atom stereocenters. The van der Waals surface area contributed by atoms with Crippen LogP contribution in [0.25, 0.3) is 11.3 Å². The van der Waals surface area contributed by atoms with Crippen LogP contribution in [0.3, 0.4) is 0 Å². The molecule has 0 amide bonds. The molecule has 0 saturated carbocycles. The number of phenolic OH excluding ortho intramolecular Hbond substituents is 1. The number of benzene rings is 2. The summed E-state index contributed by atoms with van der Waals surface area (Å²) < 4.78 is 7.87. The molecular weight excluding hydrogens is 484 g/mol. The van der Waals surface area contributed by atoms with Gasteiger partial charge in [-0.2, -0.15) is 4.98 Å². The Morgan fingerprint density at radius 1 is 1.15 bits per heavy atom. The Hall–Kier alpha value is -1.84. The molecule has 9 heteroatoms. The summed E-state index contributed by atoms with van der Waals surface area (Å²) in [6.45, 7) is 0. The molecule has 1 aromatic heterocycles. The van der Waals surface area contributed by atoms with Gasteiger partial charge in [-0.3, -0.25) is 0 Å². The molecule has 6 nitrogen and oxygen atoms in total. The molecule has 3 aromatic rings. The molecule has 132 valence electrons. The highest BCUT2D eigenvalue weighted by atomic mass is 79.9. The minimum atomic E-state index is -0.566. The van der Waals surface area contributed by atoms with E-state index in [2.05, 4.69) is 52.4 Å². The molecule has 0 aliphatic carbocycles.